The summed E-state index contributed by atoms with van der Waals surface area (Å²) in [5, 5.41) is 0.506. The van der Waals surface area contributed by atoms with E-state index in [-0.39, 0.29) is 11.9 Å². The molecule has 0 heterocycles. The molecule has 1 unspecified atom stereocenters. The molecule has 1 atom stereocenters. The highest BCUT2D eigenvalue weighted by Gasteiger charge is 2.09. The number of carbonyl (C=O) groups is 1. The number of thiocarbonyl (C=S) groups is 1. The minimum atomic E-state index is -0.309. The summed E-state index contributed by atoms with van der Waals surface area (Å²) in [6.07, 6.45) is 0. The van der Waals surface area contributed by atoms with Crippen LogP contribution in [-0.4, -0.2) is 24.2 Å². The van der Waals surface area contributed by atoms with Crippen LogP contribution in [0.15, 0.2) is 30.3 Å². The lowest BCUT2D eigenvalue weighted by Crippen LogP contribution is -2.17. The maximum Gasteiger partial charge on any atom is 0.338 e. The highest BCUT2D eigenvalue weighted by molar-refractivity contribution is 7.80. The van der Waals surface area contributed by atoms with Crippen LogP contribution in [0.3, 0.4) is 0 Å². The van der Waals surface area contributed by atoms with Crippen molar-refractivity contribution in [2.45, 2.75) is 13.8 Å². The number of ether oxygens (including phenoxy) is 2. The van der Waals surface area contributed by atoms with Gasteiger partial charge in [0.2, 0.25) is 0 Å². The first-order valence-corrected chi connectivity index (χ1v) is 5.86. The van der Waals surface area contributed by atoms with Gasteiger partial charge in [0.1, 0.15) is 0 Å². The Morgan fingerprint density at radius 2 is 1.82 bits per heavy atom. The van der Waals surface area contributed by atoms with Gasteiger partial charge in [-0.25, -0.2) is 4.79 Å². The summed E-state index contributed by atoms with van der Waals surface area (Å²) in [6, 6.07) is 8.92. The first kappa shape index (κ1) is 13.6. The first-order chi connectivity index (χ1) is 8.09. The second-order valence-corrected chi connectivity index (χ2v) is 4.45. The molecule has 0 spiro atoms. The molecule has 1 rings (SSSR count). The summed E-state index contributed by atoms with van der Waals surface area (Å²) in [5.74, 6) is -0.183. The highest BCUT2D eigenvalue weighted by Crippen LogP contribution is 2.04. The van der Waals surface area contributed by atoms with Crippen LogP contribution in [0.4, 0.5) is 0 Å². The molecular formula is C13H16O3S. The normalized spacial score (nSPS) is 11.6. The quantitative estimate of drug-likeness (QED) is 0.596. The van der Waals surface area contributed by atoms with E-state index < -0.39 is 0 Å². The van der Waals surface area contributed by atoms with Crippen LogP contribution in [0.25, 0.3) is 0 Å². The molecule has 0 radical (unpaired) electrons. The van der Waals surface area contributed by atoms with Gasteiger partial charge in [-0.1, -0.05) is 25.1 Å². The Morgan fingerprint density at radius 1 is 1.24 bits per heavy atom. The van der Waals surface area contributed by atoms with Gasteiger partial charge in [-0.15, -0.1) is 0 Å². The van der Waals surface area contributed by atoms with E-state index in [1.54, 1.807) is 31.2 Å². The average molecular weight is 252 g/mol. The smallest absolute Gasteiger partial charge is 0.338 e. The maximum absolute atomic E-state index is 11.6. The monoisotopic (exact) mass is 252 g/mol. The van der Waals surface area contributed by atoms with E-state index in [9.17, 15) is 4.79 Å². The number of hydrogen-bond acceptors (Lipinski definition) is 4. The Labute approximate surface area is 107 Å². The molecule has 0 aliphatic carbocycles. The van der Waals surface area contributed by atoms with Crippen LogP contribution in [0.5, 0.6) is 0 Å². The van der Waals surface area contributed by atoms with Crippen LogP contribution in [0.2, 0.25) is 0 Å². The molecule has 0 aliphatic heterocycles. The molecule has 17 heavy (non-hydrogen) atoms. The lowest BCUT2D eigenvalue weighted by Gasteiger charge is -2.12. The zero-order valence-electron chi connectivity index (χ0n) is 10.0. The fourth-order valence-corrected chi connectivity index (χ4v) is 1.25. The summed E-state index contributed by atoms with van der Waals surface area (Å²) < 4.78 is 10.3. The van der Waals surface area contributed by atoms with Crippen LogP contribution in [0, 0.1) is 5.92 Å². The maximum atomic E-state index is 11.6. The van der Waals surface area contributed by atoms with Gasteiger partial charge in [0.15, 0.2) is 5.05 Å². The van der Waals surface area contributed by atoms with Crippen molar-refractivity contribution in [1.29, 1.82) is 0 Å². The van der Waals surface area contributed by atoms with Gasteiger partial charge in [0.25, 0.3) is 0 Å². The van der Waals surface area contributed by atoms with E-state index in [2.05, 4.69) is 0 Å². The van der Waals surface area contributed by atoms with Crippen molar-refractivity contribution in [3.8, 4) is 0 Å². The third kappa shape index (κ3) is 5.45. The molecular weight excluding hydrogens is 236 g/mol. The number of esters is 1. The van der Waals surface area contributed by atoms with Crippen molar-refractivity contribution in [3.63, 3.8) is 0 Å². The number of rotatable bonds is 5. The highest BCUT2D eigenvalue weighted by atomic mass is 32.1. The van der Waals surface area contributed by atoms with Crippen LogP contribution >= 0.6 is 12.2 Å². The molecule has 0 saturated heterocycles. The van der Waals surface area contributed by atoms with E-state index in [4.69, 9.17) is 21.7 Å². The van der Waals surface area contributed by atoms with Gasteiger partial charge in [-0.3, -0.25) is 0 Å². The topological polar surface area (TPSA) is 35.5 Å². The van der Waals surface area contributed by atoms with Crippen molar-refractivity contribution in [2.75, 3.05) is 13.2 Å². The molecule has 0 fully saturated rings. The van der Waals surface area contributed by atoms with Crippen molar-refractivity contribution < 1.29 is 14.3 Å². The van der Waals surface area contributed by atoms with Gasteiger partial charge in [0.05, 0.1) is 18.8 Å². The lowest BCUT2D eigenvalue weighted by molar-refractivity contribution is 0.0412. The van der Waals surface area contributed by atoms with E-state index >= 15 is 0 Å². The van der Waals surface area contributed by atoms with Crippen LogP contribution in [0.1, 0.15) is 24.2 Å². The number of benzene rings is 1. The third-order valence-corrected chi connectivity index (χ3v) is 2.20. The Bertz CT molecular complexity index is 376. The second kappa shape index (κ2) is 7.01. The molecule has 3 nitrogen and oxygen atoms in total. The van der Waals surface area contributed by atoms with Crippen LogP contribution < -0.4 is 0 Å². The Morgan fingerprint density at radius 3 is 2.41 bits per heavy atom. The SMILES string of the molecule is CC(=S)OCC(C)COC(=O)c1ccccc1. The molecule has 4 heteroatoms. The summed E-state index contributed by atoms with van der Waals surface area (Å²) in [6.45, 7) is 4.46. The third-order valence-electron chi connectivity index (χ3n) is 2.08. The predicted molar refractivity (Wildman–Crippen MR) is 70.1 cm³/mol. The molecule has 0 N–H and O–H groups in total. The van der Waals surface area contributed by atoms with Gasteiger partial charge in [-0.05, 0) is 24.4 Å². The molecule has 1 aromatic rings. The molecule has 0 aliphatic rings. The largest absolute Gasteiger partial charge is 0.487 e. The molecule has 0 aromatic heterocycles. The van der Waals surface area contributed by atoms with Crippen molar-refractivity contribution in [2.24, 2.45) is 5.92 Å². The minimum absolute atomic E-state index is 0.126. The van der Waals surface area contributed by atoms with Crippen molar-refractivity contribution in [1.82, 2.24) is 0 Å². The van der Waals surface area contributed by atoms with E-state index in [1.165, 1.54) is 0 Å². The minimum Gasteiger partial charge on any atom is -0.487 e. The summed E-state index contributed by atoms with van der Waals surface area (Å²) in [5.41, 5.74) is 0.562. The first-order valence-electron chi connectivity index (χ1n) is 5.45. The van der Waals surface area contributed by atoms with E-state index in [0.29, 0.717) is 23.8 Å². The molecule has 0 bridgehead atoms. The fraction of sp³-hybridized carbons (Fsp3) is 0.385. The molecule has 0 amide bonds. The van der Waals surface area contributed by atoms with Crippen molar-refractivity contribution in [3.05, 3.63) is 35.9 Å². The zero-order valence-corrected chi connectivity index (χ0v) is 10.8. The Hall–Kier alpha value is -1.42. The standard InChI is InChI=1S/C13H16O3S/c1-10(8-15-11(2)17)9-16-13(14)12-6-4-3-5-7-12/h3-7,10H,8-9H2,1-2H3. The average Bonchev–Trinajstić information content (AvgIpc) is 2.34. The van der Waals surface area contributed by atoms with Crippen LogP contribution in [-0.2, 0) is 9.47 Å². The van der Waals surface area contributed by atoms with E-state index in [0.717, 1.165) is 0 Å². The van der Waals surface area contributed by atoms with E-state index in [1.807, 2.05) is 13.0 Å². The lowest BCUT2D eigenvalue weighted by atomic mass is 10.2. The molecule has 1 aromatic carbocycles. The van der Waals surface area contributed by atoms with Gasteiger partial charge < -0.3 is 9.47 Å². The molecule has 92 valence electrons. The summed E-state index contributed by atoms with van der Waals surface area (Å²) in [7, 11) is 0. The van der Waals surface area contributed by atoms with Gasteiger partial charge in [-0.2, -0.15) is 0 Å². The fourth-order valence-electron chi connectivity index (χ4n) is 1.18. The van der Waals surface area contributed by atoms with Crippen molar-refractivity contribution >= 4 is 23.2 Å². The number of carbonyl (C=O) groups excluding carboxylic acids is 1. The summed E-state index contributed by atoms with van der Waals surface area (Å²) in [4.78, 5) is 11.6. The number of hydrogen-bond donors (Lipinski definition) is 0. The Kier molecular flexibility index (Phi) is 5.63. The second-order valence-electron chi connectivity index (χ2n) is 3.87. The Balaban J connectivity index is 2.31. The van der Waals surface area contributed by atoms with Gasteiger partial charge in [0, 0.05) is 12.8 Å². The molecule has 0 saturated carbocycles. The predicted octanol–water partition coefficient (Wildman–Crippen LogP) is 2.84. The van der Waals surface area contributed by atoms with Gasteiger partial charge >= 0.3 is 5.97 Å². The summed E-state index contributed by atoms with van der Waals surface area (Å²) >= 11 is 4.80. The zero-order chi connectivity index (χ0) is 12.7.